The normalized spacial score (nSPS) is 30.0. The summed E-state index contributed by atoms with van der Waals surface area (Å²) in [5.74, 6) is -0.615. The number of rotatable bonds is 3. The first-order valence-electron chi connectivity index (χ1n) is 7.01. The largest absolute Gasteiger partial charge is 0.511 e. The van der Waals surface area contributed by atoms with E-state index in [1.165, 1.54) is 0 Å². The highest BCUT2D eigenvalue weighted by Gasteiger charge is 2.48. The van der Waals surface area contributed by atoms with Crippen molar-refractivity contribution in [3.8, 4) is 0 Å². The number of allylic oxidation sites excluding steroid dienone is 2. The molecular weight excluding hydrogens is 258 g/mol. The lowest BCUT2D eigenvalue weighted by atomic mass is 9.68. The van der Waals surface area contributed by atoms with Crippen molar-refractivity contribution in [1.82, 2.24) is 5.48 Å². The highest BCUT2D eigenvalue weighted by molar-refractivity contribution is 6.22. The molecule has 1 heterocycles. The van der Waals surface area contributed by atoms with Crippen LogP contribution < -0.4 is 5.48 Å². The van der Waals surface area contributed by atoms with Gasteiger partial charge in [-0.3, -0.25) is 9.59 Å². The van der Waals surface area contributed by atoms with Gasteiger partial charge in [0.15, 0.2) is 11.6 Å². The molecule has 0 aromatic carbocycles. The number of hydroxylamine groups is 1. The molecule has 0 saturated heterocycles. The van der Waals surface area contributed by atoms with Crippen LogP contribution in [0, 0.1) is 11.8 Å². The summed E-state index contributed by atoms with van der Waals surface area (Å²) in [7, 11) is 0. The van der Waals surface area contributed by atoms with Crippen LogP contribution in [0.25, 0.3) is 0 Å². The Bertz CT molecular complexity index is 472. The molecule has 1 aliphatic heterocycles. The molecule has 1 saturated carbocycles. The van der Waals surface area contributed by atoms with E-state index >= 15 is 0 Å². The molecule has 1 fully saturated rings. The molecule has 0 bridgehead atoms. The lowest BCUT2D eigenvalue weighted by Crippen LogP contribution is -2.53. The number of aliphatic hydroxyl groups is 1. The summed E-state index contributed by atoms with van der Waals surface area (Å²) in [5.41, 5.74) is 2.43. The Morgan fingerprint density at radius 3 is 2.45 bits per heavy atom. The summed E-state index contributed by atoms with van der Waals surface area (Å²) in [5, 5.41) is 9.73. The van der Waals surface area contributed by atoms with E-state index in [4.69, 9.17) is 4.84 Å². The minimum Gasteiger partial charge on any atom is -0.511 e. The maximum atomic E-state index is 12.2. The number of Topliss-reactive ketones (excluding diaryl/α,β-unsaturated/α-hetero) is 2. The van der Waals surface area contributed by atoms with E-state index in [2.05, 4.69) is 5.48 Å². The van der Waals surface area contributed by atoms with E-state index in [0.29, 0.717) is 6.42 Å². The number of carbonyl (C=O) groups excluding carboxylic acids is 2. The SMILES string of the molecule is CCC(O)=C1C(=O)CC(C2(C(C)C)C=CON2)CC1=O. The van der Waals surface area contributed by atoms with Gasteiger partial charge in [-0.1, -0.05) is 20.8 Å². The molecule has 1 atom stereocenters. The van der Waals surface area contributed by atoms with Crippen LogP contribution in [0.2, 0.25) is 0 Å². The van der Waals surface area contributed by atoms with E-state index in [-0.39, 0.29) is 47.6 Å². The third-order valence-corrected chi connectivity index (χ3v) is 4.32. The zero-order valence-corrected chi connectivity index (χ0v) is 12.1. The Morgan fingerprint density at radius 2 is 2.05 bits per heavy atom. The first-order chi connectivity index (χ1) is 9.42. The Morgan fingerprint density at radius 1 is 1.45 bits per heavy atom. The van der Waals surface area contributed by atoms with Gasteiger partial charge in [-0.05, 0) is 17.9 Å². The number of aliphatic hydroxyl groups excluding tert-OH is 1. The molecule has 0 radical (unpaired) electrons. The molecule has 1 unspecified atom stereocenters. The molecule has 1 aliphatic carbocycles. The number of nitrogens with one attached hydrogen (secondary N) is 1. The zero-order valence-electron chi connectivity index (χ0n) is 12.1. The molecule has 0 spiro atoms. The minimum absolute atomic E-state index is 0.00875. The van der Waals surface area contributed by atoms with Gasteiger partial charge in [-0.2, -0.15) is 0 Å². The first kappa shape index (κ1) is 14.8. The Kier molecular flexibility index (Phi) is 3.99. The lowest BCUT2D eigenvalue weighted by Gasteiger charge is -2.39. The first-order valence-corrected chi connectivity index (χ1v) is 7.01. The van der Waals surface area contributed by atoms with E-state index < -0.39 is 5.54 Å². The van der Waals surface area contributed by atoms with Gasteiger partial charge < -0.3 is 9.94 Å². The van der Waals surface area contributed by atoms with Gasteiger partial charge in [0.1, 0.15) is 12.0 Å². The third kappa shape index (κ3) is 2.26. The van der Waals surface area contributed by atoms with Crippen LogP contribution in [0.15, 0.2) is 23.7 Å². The van der Waals surface area contributed by atoms with Gasteiger partial charge in [0.25, 0.3) is 0 Å². The van der Waals surface area contributed by atoms with Crippen molar-refractivity contribution >= 4 is 11.6 Å². The standard InChI is InChI=1S/C15H21NO4/c1-4-11(17)14-12(18)7-10(8-13(14)19)15(9(2)3)5-6-20-16-15/h5-6,9-10,16-17H,4,7-8H2,1-3H3. The van der Waals surface area contributed by atoms with Crippen molar-refractivity contribution in [2.75, 3.05) is 0 Å². The maximum absolute atomic E-state index is 12.2. The molecule has 0 aromatic heterocycles. The van der Waals surface area contributed by atoms with Gasteiger partial charge in [-0.25, -0.2) is 0 Å². The Labute approximate surface area is 118 Å². The molecular formula is C15H21NO4. The Hall–Kier alpha value is -1.62. The van der Waals surface area contributed by atoms with Crippen molar-refractivity contribution in [2.24, 2.45) is 11.8 Å². The van der Waals surface area contributed by atoms with Gasteiger partial charge >= 0.3 is 0 Å². The highest BCUT2D eigenvalue weighted by Crippen LogP contribution is 2.39. The van der Waals surface area contributed by atoms with Crippen molar-refractivity contribution in [2.45, 2.75) is 45.6 Å². The number of hydrogen-bond acceptors (Lipinski definition) is 5. The monoisotopic (exact) mass is 279 g/mol. The predicted octanol–water partition coefficient (Wildman–Crippen LogP) is 2.20. The highest BCUT2D eigenvalue weighted by atomic mass is 16.6. The van der Waals surface area contributed by atoms with E-state index in [9.17, 15) is 14.7 Å². The molecule has 0 aromatic rings. The van der Waals surface area contributed by atoms with Crippen LogP contribution in [0.3, 0.4) is 0 Å². The van der Waals surface area contributed by atoms with Crippen LogP contribution in [0.1, 0.15) is 40.0 Å². The van der Waals surface area contributed by atoms with Crippen molar-refractivity contribution in [3.63, 3.8) is 0 Å². The molecule has 5 heteroatoms. The average molecular weight is 279 g/mol. The fourth-order valence-electron chi connectivity index (χ4n) is 3.03. The van der Waals surface area contributed by atoms with Gasteiger partial charge in [-0.15, -0.1) is 5.48 Å². The van der Waals surface area contributed by atoms with Crippen LogP contribution in [-0.4, -0.2) is 22.2 Å². The van der Waals surface area contributed by atoms with Crippen molar-refractivity contribution in [1.29, 1.82) is 0 Å². The average Bonchev–Trinajstić information content (AvgIpc) is 2.88. The molecule has 5 nitrogen and oxygen atoms in total. The molecule has 0 amide bonds. The number of hydrogen-bond donors (Lipinski definition) is 2. The van der Waals surface area contributed by atoms with Crippen molar-refractivity contribution in [3.05, 3.63) is 23.7 Å². The van der Waals surface area contributed by atoms with Gasteiger partial charge in [0.05, 0.1) is 11.1 Å². The predicted molar refractivity (Wildman–Crippen MR) is 73.6 cm³/mol. The minimum atomic E-state index is -0.501. The fourth-order valence-corrected chi connectivity index (χ4v) is 3.03. The van der Waals surface area contributed by atoms with Crippen LogP contribution in [-0.2, 0) is 14.4 Å². The van der Waals surface area contributed by atoms with Crippen LogP contribution >= 0.6 is 0 Å². The molecule has 2 rings (SSSR count). The maximum Gasteiger partial charge on any atom is 0.170 e. The van der Waals surface area contributed by atoms with Crippen LogP contribution in [0.5, 0.6) is 0 Å². The van der Waals surface area contributed by atoms with Crippen molar-refractivity contribution < 1.29 is 19.5 Å². The van der Waals surface area contributed by atoms with Gasteiger partial charge in [0.2, 0.25) is 0 Å². The fraction of sp³-hybridized carbons (Fsp3) is 0.600. The van der Waals surface area contributed by atoms with Gasteiger partial charge in [0, 0.05) is 19.3 Å². The Balaban J connectivity index is 2.30. The second-order valence-electron chi connectivity index (χ2n) is 5.74. The second-order valence-corrected chi connectivity index (χ2v) is 5.74. The molecule has 2 aliphatic rings. The van der Waals surface area contributed by atoms with E-state index in [0.717, 1.165) is 0 Å². The number of carbonyl (C=O) groups is 2. The summed E-state index contributed by atoms with van der Waals surface area (Å²) in [4.78, 5) is 29.5. The summed E-state index contributed by atoms with van der Waals surface area (Å²) in [6.07, 6.45) is 4.23. The summed E-state index contributed by atoms with van der Waals surface area (Å²) < 4.78 is 0. The third-order valence-electron chi connectivity index (χ3n) is 4.32. The smallest absolute Gasteiger partial charge is 0.170 e. The van der Waals surface area contributed by atoms with Crippen LogP contribution in [0.4, 0.5) is 0 Å². The van der Waals surface area contributed by atoms with E-state index in [1.807, 2.05) is 19.9 Å². The number of ketones is 2. The zero-order chi connectivity index (χ0) is 14.9. The lowest BCUT2D eigenvalue weighted by molar-refractivity contribution is -0.127. The molecule has 2 N–H and O–H groups in total. The molecule has 110 valence electrons. The quantitative estimate of drug-likeness (QED) is 0.470. The van der Waals surface area contributed by atoms with E-state index in [1.54, 1.807) is 13.2 Å². The topological polar surface area (TPSA) is 75.6 Å². The molecule has 20 heavy (non-hydrogen) atoms. The summed E-state index contributed by atoms with van der Waals surface area (Å²) >= 11 is 0. The summed E-state index contributed by atoms with van der Waals surface area (Å²) in [6.45, 7) is 5.77. The summed E-state index contributed by atoms with van der Waals surface area (Å²) in [6, 6.07) is 0. The second kappa shape index (κ2) is 5.40.